The lowest BCUT2D eigenvalue weighted by molar-refractivity contribution is 0.103. The maximum atomic E-state index is 10.4. The van der Waals surface area contributed by atoms with Crippen LogP contribution in [0.5, 0.6) is 5.75 Å². The molecular formula is C34H41BrN4O. The van der Waals surface area contributed by atoms with Gasteiger partial charge in [-0.3, -0.25) is 0 Å². The Morgan fingerprint density at radius 2 is 1.73 bits per heavy atom. The third-order valence-corrected chi connectivity index (χ3v) is 9.59. The topological polar surface area (TPSA) is 62.5 Å². The van der Waals surface area contributed by atoms with Crippen molar-refractivity contribution in [2.24, 2.45) is 0 Å². The Balaban J connectivity index is 1.41. The van der Waals surface area contributed by atoms with Gasteiger partial charge in [0.2, 0.25) is 0 Å². The Bertz CT molecular complexity index is 1290. The first-order chi connectivity index (χ1) is 19.3. The molecule has 1 saturated carbocycles. The fourth-order valence-electron chi connectivity index (χ4n) is 6.01. The van der Waals surface area contributed by atoms with Crippen LogP contribution >= 0.6 is 15.9 Å². The zero-order valence-electron chi connectivity index (χ0n) is 23.7. The van der Waals surface area contributed by atoms with Gasteiger partial charge in [-0.25, -0.2) is 0 Å². The molecule has 4 rings (SSSR count). The van der Waals surface area contributed by atoms with Crippen LogP contribution in [0.4, 0.5) is 0 Å². The lowest BCUT2D eigenvalue weighted by Gasteiger charge is -2.43. The molecule has 2 fully saturated rings. The van der Waals surface area contributed by atoms with Gasteiger partial charge in [0.1, 0.15) is 11.6 Å². The maximum Gasteiger partial charge on any atom is 0.123 e. The van der Waals surface area contributed by atoms with Crippen LogP contribution in [0, 0.1) is 11.3 Å². The highest BCUT2D eigenvalue weighted by atomic mass is 79.9. The molecule has 0 amide bonds. The second-order valence-electron chi connectivity index (χ2n) is 11.0. The summed E-state index contributed by atoms with van der Waals surface area (Å²) in [5, 5.41) is 24.2. The van der Waals surface area contributed by atoms with Crippen LogP contribution in [0.25, 0.3) is 5.57 Å². The summed E-state index contributed by atoms with van der Waals surface area (Å²) in [7, 11) is 2.03. The highest BCUT2D eigenvalue weighted by Gasteiger charge is 2.39. The van der Waals surface area contributed by atoms with Crippen molar-refractivity contribution >= 4 is 21.5 Å². The monoisotopic (exact) mass is 600 g/mol. The van der Waals surface area contributed by atoms with E-state index in [-0.39, 0.29) is 11.2 Å². The van der Waals surface area contributed by atoms with Gasteiger partial charge in [0.15, 0.2) is 0 Å². The van der Waals surface area contributed by atoms with E-state index in [0.717, 1.165) is 78.8 Å². The van der Waals surface area contributed by atoms with Crippen LogP contribution in [0.3, 0.4) is 0 Å². The van der Waals surface area contributed by atoms with Gasteiger partial charge in [0.05, 0.1) is 11.5 Å². The number of hydrogen-bond acceptors (Lipinski definition) is 5. The fraction of sp³-hybridized carbons (Fsp3) is 0.382. The molecule has 6 heteroatoms. The maximum absolute atomic E-state index is 10.4. The van der Waals surface area contributed by atoms with E-state index in [0.29, 0.717) is 12.1 Å². The molecule has 2 aromatic carbocycles. The van der Waals surface area contributed by atoms with Crippen LogP contribution in [0.15, 0.2) is 95.9 Å². The Morgan fingerprint density at radius 1 is 1.10 bits per heavy atom. The van der Waals surface area contributed by atoms with Crippen molar-refractivity contribution in [3.63, 3.8) is 0 Å². The summed E-state index contributed by atoms with van der Waals surface area (Å²) in [5.41, 5.74) is 3.31. The smallest absolute Gasteiger partial charge is 0.123 e. The summed E-state index contributed by atoms with van der Waals surface area (Å²) < 4.78 is 0.923. The first kappa shape index (κ1) is 29.7. The molecule has 1 saturated heterocycles. The highest BCUT2D eigenvalue weighted by molar-refractivity contribution is 9.11. The Hall–Kier alpha value is -3.27. The quantitative estimate of drug-likeness (QED) is 0.293. The van der Waals surface area contributed by atoms with Crippen molar-refractivity contribution in [3.05, 3.63) is 107 Å². The molecular weight excluding hydrogens is 560 g/mol. The minimum atomic E-state index is -0.345. The summed E-state index contributed by atoms with van der Waals surface area (Å²) in [5.74, 6) is 1.15. The summed E-state index contributed by atoms with van der Waals surface area (Å²) in [6.07, 6.45) is 9.86. The van der Waals surface area contributed by atoms with E-state index in [9.17, 15) is 10.4 Å². The average Bonchev–Trinajstić information content (AvgIpc) is 3.00. The summed E-state index contributed by atoms with van der Waals surface area (Å²) in [6, 6.07) is 21.2. The van der Waals surface area contributed by atoms with Crippen LogP contribution in [0.1, 0.15) is 56.6 Å². The zero-order valence-corrected chi connectivity index (χ0v) is 25.3. The van der Waals surface area contributed by atoms with Gasteiger partial charge in [0.25, 0.3) is 0 Å². The summed E-state index contributed by atoms with van der Waals surface area (Å²) in [4.78, 5) is 4.74. The largest absolute Gasteiger partial charge is 0.507 e. The summed E-state index contributed by atoms with van der Waals surface area (Å²) in [6.45, 7) is 12.3. The van der Waals surface area contributed by atoms with Crippen molar-refractivity contribution in [2.45, 2.75) is 62.9 Å². The molecule has 2 N–H and O–H groups in total. The molecule has 5 nitrogen and oxygen atoms in total. The van der Waals surface area contributed by atoms with E-state index in [1.807, 2.05) is 56.4 Å². The second-order valence-corrected chi connectivity index (χ2v) is 11.9. The van der Waals surface area contributed by atoms with Crippen molar-refractivity contribution in [1.82, 2.24) is 15.1 Å². The molecule has 0 bridgehead atoms. The lowest BCUT2D eigenvalue weighted by Crippen LogP contribution is -2.49. The van der Waals surface area contributed by atoms with Gasteiger partial charge in [-0.15, -0.1) is 0 Å². The van der Waals surface area contributed by atoms with Crippen LogP contribution in [-0.4, -0.2) is 47.1 Å². The Morgan fingerprint density at radius 3 is 2.33 bits per heavy atom. The third-order valence-electron chi connectivity index (χ3n) is 8.70. The van der Waals surface area contributed by atoms with Gasteiger partial charge >= 0.3 is 0 Å². The fourth-order valence-corrected chi connectivity index (χ4v) is 6.28. The van der Waals surface area contributed by atoms with Crippen molar-refractivity contribution in [1.29, 1.82) is 5.26 Å². The van der Waals surface area contributed by atoms with E-state index in [2.05, 4.69) is 62.4 Å². The number of likely N-dealkylation sites (tertiary alicyclic amines) is 1. The number of para-hydroxylation sites is 1. The predicted octanol–water partition coefficient (Wildman–Crippen LogP) is 7.45. The SMILES string of the molecule is C=C/C(Br)=C(/C)N(C)/C(=C\C(=C)c1ccccc1O)NC1CCN(C2CCC(C#N)(c3ccccc3)CC2)CC1. The molecule has 210 valence electrons. The Kier molecular flexibility index (Phi) is 9.95. The number of phenolic OH excluding ortho intramolecular Hbond substituents is 1. The lowest BCUT2D eigenvalue weighted by atomic mass is 9.69. The van der Waals surface area contributed by atoms with Crippen LogP contribution in [-0.2, 0) is 5.41 Å². The predicted molar refractivity (Wildman–Crippen MR) is 169 cm³/mol. The molecule has 2 aromatic rings. The molecule has 0 aromatic heterocycles. The molecule has 0 spiro atoms. The molecule has 1 aliphatic carbocycles. The normalized spacial score (nSPS) is 23.1. The number of hydrogen-bond donors (Lipinski definition) is 2. The Labute approximate surface area is 248 Å². The van der Waals surface area contributed by atoms with E-state index in [1.54, 1.807) is 12.1 Å². The number of piperidine rings is 1. The van der Waals surface area contributed by atoms with Crippen LogP contribution < -0.4 is 5.32 Å². The van der Waals surface area contributed by atoms with E-state index in [4.69, 9.17) is 0 Å². The van der Waals surface area contributed by atoms with E-state index < -0.39 is 0 Å². The number of nitriles is 1. The first-order valence-electron chi connectivity index (χ1n) is 14.2. The van der Waals surface area contributed by atoms with Crippen molar-refractivity contribution in [2.75, 3.05) is 20.1 Å². The standard InChI is InChI=1S/C34H41BrN4O/c1-5-31(35)26(3)38(4)33(23-25(2)30-13-9-10-14-32(30)40)37-28-17-21-39(22-18-28)29-15-19-34(24-36,20-16-29)27-11-7-6-8-12-27/h5-14,23,28-29,37,40H,1-2,15-22H2,3-4H3/b31-26+,33-23-. The molecule has 1 heterocycles. The number of aromatic hydroxyl groups is 1. The van der Waals surface area contributed by atoms with Gasteiger partial charge in [-0.05, 0) is 84.7 Å². The molecule has 0 atom stereocenters. The molecule has 0 unspecified atom stereocenters. The van der Waals surface area contributed by atoms with E-state index in [1.165, 1.54) is 5.56 Å². The first-order valence-corrected chi connectivity index (χ1v) is 15.0. The van der Waals surface area contributed by atoms with E-state index >= 15 is 0 Å². The number of rotatable bonds is 9. The zero-order chi connectivity index (χ0) is 28.7. The molecule has 1 aliphatic heterocycles. The van der Waals surface area contributed by atoms with Gasteiger partial charge in [-0.1, -0.05) is 67.8 Å². The number of halogens is 1. The van der Waals surface area contributed by atoms with Gasteiger partial charge in [-0.2, -0.15) is 5.26 Å². The molecule has 2 aliphatic rings. The highest BCUT2D eigenvalue weighted by Crippen LogP contribution is 2.41. The van der Waals surface area contributed by atoms with Crippen molar-refractivity contribution in [3.8, 4) is 11.8 Å². The number of allylic oxidation sites excluding steroid dienone is 5. The van der Waals surface area contributed by atoms with Crippen LogP contribution in [0.2, 0.25) is 0 Å². The minimum Gasteiger partial charge on any atom is -0.507 e. The number of benzene rings is 2. The second kappa shape index (κ2) is 13.4. The number of nitrogens with zero attached hydrogens (tertiary/aromatic N) is 3. The minimum absolute atomic E-state index is 0.221. The van der Waals surface area contributed by atoms with Gasteiger partial charge in [0, 0.05) is 48.0 Å². The summed E-state index contributed by atoms with van der Waals surface area (Å²) >= 11 is 3.61. The number of phenols is 1. The van der Waals surface area contributed by atoms with Gasteiger partial charge < -0.3 is 20.2 Å². The average molecular weight is 602 g/mol. The number of nitrogens with one attached hydrogen (secondary N) is 1. The molecule has 40 heavy (non-hydrogen) atoms. The third kappa shape index (κ3) is 6.71. The van der Waals surface area contributed by atoms with Crippen molar-refractivity contribution < 1.29 is 5.11 Å². The molecule has 0 radical (unpaired) electrons.